The lowest BCUT2D eigenvalue weighted by Gasteiger charge is -2.09. The van der Waals surface area contributed by atoms with E-state index < -0.39 is 0 Å². The zero-order valence-corrected chi connectivity index (χ0v) is 12.2. The van der Waals surface area contributed by atoms with Gasteiger partial charge in [-0.15, -0.1) is 0 Å². The summed E-state index contributed by atoms with van der Waals surface area (Å²) in [4.78, 5) is 10.8. The molecule has 0 aliphatic rings. The second-order valence-electron chi connectivity index (χ2n) is 3.79. The monoisotopic (exact) mass is 315 g/mol. The Morgan fingerprint density at radius 2 is 2.00 bits per heavy atom. The van der Waals surface area contributed by atoms with Crippen LogP contribution in [0.3, 0.4) is 0 Å². The first-order chi connectivity index (χ1) is 8.67. The van der Waals surface area contributed by atoms with Crippen LogP contribution in [0.25, 0.3) is 0 Å². The van der Waals surface area contributed by atoms with Crippen molar-refractivity contribution in [3.05, 3.63) is 29.8 Å². The summed E-state index contributed by atoms with van der Waals surface area (Å²) < 4.78 is 9.70. The first-order valence-corrected chi connectivity index (χ1v) is 6.64. The molecule has 0 fully saturated rings. The van der Waals surface area contributed by atoms with Gasteiger partial charge in [0.1, 0.15) is 10.6 Å². The number of carbonyl (C=O) groups is 1. The minimum absolute atomic E-state index is 0.257. The average Bonchev–Trinajstić information content (AvgIpc) is 2.43. The smallest absolute Gasteiger partial charge is 0.320 e. The van der Waals surface area contributed by atoms with Gasteiger partial charge < -0.3 is 14.8 Å². The number of benzene rings is 1. The standard InChI is InChI=1S/C13H18BrNO3/c1-17-11-5-3-10(4-6-11)7-8-15-9-12(14)13(16)18-2/h3-6,12,15H,7-9H2,1-2H3. The van der Waals surface area contributed by atoms with Gasteiger partial charge in [-0.25, -0.2) is 0 Å². The van der Waals surface area contributed by atoms with E-state index in [0.717, 1.165) is 18.7 Å². The Bertz CT molecular complexity index is 367. The molecule has 5 heteroatoms. The van der Waals surface area contributed by atoms with Crippen LogP contribution in [0.2, 0.25) is 0 Å². The van der Waals surface area contributed by atoms with E-state index in [1.165, 1.54) is 12.7 Å². The van der Waals surface area contributed by atoms with Crippen molar-refractivity contribution >= 4 is 21.9 Å². The summed E-state index contributed by atoms with van der Waals surface area (Å²) in [7, 11) is 3.04. The molecule has 0 bridgehead atoms. The summed E-state index contributed by atoms with van der Waals surface area (Å²) in [6.07, 6.45) is 0.908. The summed E-state index contributed by atoms with van der Waals surface area (Å²) in [5.41, 5.74) is 1.23. The van der Waals surface area contributed by atoms with Crippen molar-refractivity contribution in [1.29, 1.82) is 0 Å². The highest BCUT2D eigenvalue weighted by atomic mass is 79.9. The first kappa shape index (κ1) is 15.0. The van der Waals surface area contributed by atoms with Crippen LogP contribution in [0.5, 0.6) is 5.75 Å². The number of ether oxygens (including phenoxy) is 2. The van der Waals surface area contributed by atoms with E-state index in [4.69, 9.17) is 4.74 Å². The zero-order valence-electron chi connectivity index (χ0n) is 10.6. The predicted molar refractivity (Wildman–Crippen MR) is 74.3 cm³/mol. The van der Waals surface area contributed by atoms with Gasteiger partial charge in [0.2, 0.25) is 0 Å². The number of carbonyl (C=O) groups excluding carboxylic acids is 1. The molecule has 1 aromatic rings. The number of esters is 1. The number of rotatable bonds is 7. The fourth-order valence-corrected chi connectivity index (χ4v) is 1.88. The van der Waals surface area contributed by atoms with Gasteiger partial charge >= 0.3 is 5.97 Å². The van der Waals surface area contributed by atoms with E-state index in [-0.39, 0.29) is 10.8 Å². The van der Waals surface area contributed by atoms with Crippen molar-refractivity contribution in [2.75, 3.05) is 27.3 Å². The second-order valence-corrected chi connectivity index (χ2v) is 4.90. The second kappa shape index (κ2) is 8.11. The molecule has 0 spiro atoms. The molecule has 0 aliphatic carbocycles. The van der Waals surface area contributed by atoms with E-state index in [0.29, 0.717) is 6.54 Å². The summed E-state index contributed by atoms with van der Waals surface area (Å²) in [6.45, 7) is 1.37. The van der Waals surface area contributed by atoms with Crippen molar-refractivity contribution < 1.29 is 14.3 Å². The molecule has 0 saturated heterocycles. The molecule has 0 aliphatic heterocycles. The first-order valence-electron chi connectivity index (χ1n) is 5.73. The van der Waals surface area contributed by atoms with Crippen molar-refractivity contribution in [1.82, 2.24) is 5.32 Å². The van der Waals surface area contributed by atoms with Crippen LogP contribution in [0, 0.1) is 0 Å². The molecule has 0 amide bonds. The van der Waals surface area contributed by atoms with E-state index in [1.807, 2.05) is 24.3 Å². The maximum atomic E-state index is 11.1. The Morgan fingerprint density at radius 3 is 2.56 bits per heavy atom. The Balaban J connectivity index is 2.23. The molecular formula is C13H18BrNO3. The number of alkyl halides is 1. The van der Waals surface area contributed by atoms with Crippen LogP contribution >= 0.6 is 15.9 Å². The lowest BCUT2D eigenvalue weighted by Crippen LogP contribution is -2.30. The molecule has 100 valence electrons. The van der Waals surface area contributed by atoms with E-state index >= 15 is 0 Å². The lowest BCUT2D eigenvalue weighted by molar-refractivity contribution is -0.139. The molecule has 1 aromatic carbocycles. The van der Waals surface area contributed by atoms with E-state index in [2.05, 4.69) is 26.0 Å². The summed E-state index contributed by atoms with van der Waals surface area (Å²) >= 11 is 3.26. The number of methoxy groups -OCH3 is 2. The quantitative estimate of drug-likeness (QED) is 0.473. The van der Waals surface area contributed by atoms with Gasteiger partial charge in [0.25, 0.3) is 0 Å². The van der Waals surface area contributed by atoms with Crippen molar-refractivity contribution in [2.45, 2.75) is 11.2 Å². The predicted octanol–water partition coefficient (Wildman–Crippen LogP) is 1.76. The van der Waals surface area contributed by atoms with Gasteiger partial charge in [0.15, 0.2) is 0 Å². The largest absolute Gasteiger partial charge is 0.497 e. The SMILES string of the molecule is COC(=O)C(Br)CNCCc1ccc(OC)cc1. The number of halogens is 1. The van der Waals surface area contributed by atoms with Crippen molar-refractivity contribution in [3.63, 3.8) is 0 Å². The minimum Gasteiger partial charge on any atom is -0.497 e. The molecular weight excluding hydrogens is 298 g/mol. The minimum atomic E-state index is -0.293. The van der Waals surface area contributed by atoms with Crippen LogP contribution < -0.4 is 10.1 Å². The number of hydrogen-bond donors (Lipinski definition) is 1. The maximum absolute atomic E-state index is 11.1. The summed E-state index contributed by atoms with van der Waals surface area (Å²) in [6, 6.07) is 7.95. The third-order valence-corrected chi connectivity index (χ3v) is 3.23. The number of nitrogens with one attached hydrogen (secondary N) is 1. The van der Waals surface area contributed by atoms with E-state index in [1.54, 1.807) is 7.11 Å². The van der Waals surface area contributed by atoms with Crippen LogP contribution in [-0.4, -0.2) is 38.1 Å². The molecule has 1 atom stereocenters. The molecule has 1 N–H and O–H groups in total. The fraction of sp³-hybridized carbons (Fsp3) is 0.462. The molecule has 0 aromatic heterocycles. The van der Waals surface area contributed by atoms with Gasteiger partial charge in [-0.2, -0.15) is 0 Å². The molecule has 0 radical (unpaired) electrons. The highest BCUT2D eigenvalue weighted by Gasteiger charge is 2.13. The molecule has 4 nitrogen and oxygen atoms in total. The number of hydrogen-bond acceptors (Lipinski definition) is 4. The summed E-state index contributed by atoms with van der Waals surface area (Å²) in [5.74, 6) is 0.602. The van der Waals surface area contributed by atoms with Crippen LogP contribution in [0.4, 0.5) is 0 Å². The molecule has 1 unspecified atom stereocenters. The molecule has 0 saturated carbocycles. The topological polar surface area (TPSA) is 47.6 Å². The third kappa shape index (κ3) is 5.06. The molecule has 1 rings (SSSR count). The fourth-order valence-electron chi connectivity index (χ4n) is 1.46. The van der Waals surface area contributed by atoms with Crippen molar-refractivity contribution in [2.24, 2.45) is 0 Å². The summed E-state index contributed by atoms with van der Waals surface area (Å²) in [5, 5.41) is 3.20. The lowest BCUT2D eigenvalue weighted by atomic mass is 10.1. The van der Waals surface area contributed by atoms with Crippen LogP contribution in [0.1, 0.15) is 5.56 Å². The van der Waals surface area contributed by atoms with Crippen molar-refractivity contribution in [3.8, 4) is 5.75 Å². The van der Waals surface area contributed by atoms with Gasteiger partial charge in [0.05, 0.1) is 14.2 Å². The third-order valence-electron chi connectivity index (χ3n) is 2.53. The van der Waals surface area contributed by atoms with Gasteiger partial charge in [-0.05, 0) is 30.7 Å². The van der Waals surface area contributed by atoms with Crippen LogP contribution in [-0.2, 0) is 16.0 Å². The Morgan fingerprint density at radius 1 is 1.33 bits per heavy atom. The van der Waals surface area contributed by atoms with Gasteiger partial charge in [0, 0.05) is 6.54 Å². The molecule has 18 heavy (non-hydrogen) atoms. The van der Waals surface area contributed by atoms with Gasteiger partial charge in [-0.3, -0.25) is 4.79 Å². The maximum Gasteiger partial charge on any atom is 0.320 e. The normalized spacial score (nSPS) is 11.9. The highest BCUT2D eigenvalue weighted by Crippen LogP contribution is 2.11. The Labute approximate surface area is 116 Å². The Hall–Kier alpha value is -1.07. The average molecular weight is 316 g/mol. The highest BCUT2D eigenvalue weighted by molar-refractivity contribution is 9.10. The van der Waals surface area contributed by atoms with Crippen LogP contribution in [0.15, 0.2) is 24.3 Å². The zero-order chi connectivity index (χ0) is 13.4. The molecule has 0 heterocycles. The van der Waals surface area contributed by atoms with Gasteiger partial charge in [-0.1, -0.05) is 28.1 Å². The Kier molecular flexibility index (Phi) is 6.75. The van der Waals surface area contributed by atoms with E-state index in [9.17, 15) is 4.79 Å².